The number of benzene rings is 3. The Morgan fingerprint density at radius 2 is 1.38 bits per heavy atom. The van der Waals surface area contributed by atoms with E-state index in [1.807, 2.05) is 29.2 Å². The third kappa shape index (κ3) is 3.58. The van der Waals surface area contributed by atoms with Gasteiger partial charge in [0.25, 0.3) is 11.5 Å². The normalized spacial score (nSPS) is 14.0. The van der Waals surface area contributed by atoms with E-state index < -0.39 is 11.2 Å². The van der Waals surface area contributed by atoms with Gasteiger partial charge in [0.1, 0.15) is 0 Å². The van der Waals surface area contributed by atoms with Gasteiger partial charge in [-0.05, 0) is 42.5 Å². The molecule has 7 heteroatoms. The van der Waals surface area contributed by atoms with Crippen LogP contribution in [0.3, 0.4) is 0 Å². The number of rotatable bonds is 3. The van der Waals surface area contributed by atoms with Gasteiger partial charge in [-0.15, -0.1) is 0 Å². The number of aromatic nitrogens is 2. The Morgan fingerprint density at radius 1 is 0.750 bits per heavy atom. The number of piperazine rings is 1. The highest BCUT2D eigenvalue weighted by Crippen LogP contribution is 2.18. The minimum Gasteiger partial charge on any atom is -0.368 e. The average molecular weight is 426 g/mol. The molecule has 1 fully saturated rings. The van der Waals surface area contributed by atoms with Crippen molar-refractivity contribution in [1.82, 2.24) is 14.5 Å². The number of fused-ring (bicyclic) bond motifs is 1. The highest BCUT2D eigenvalue weighted by molar-refractivity contribution is 5.97. The molecule has 0 radical (unpaired) electrons. The fourth-order valence-corrected chi connectivity index (χ4v) is 4.15. The zero-order valence-electron chi connectivity index (χ0n) is 17.4. The van der Waals surface area contributed by atoms with Crippen LogP contribution in [0.2, 0.25) is 0 Å². The maximum absolute atomic E-state index is 13.1. The van der Waals surface area contributed by atoms with Gasteiger partial charge in [0.05, 0.1) is 16.6 Å². The van der Waals surface area contributed by atoms with E-state index >= 15 is 0 Å². The Bertz CT molecular complexity index is 1390. The molecular formula is C25H22N4O3. The van der Waals surface area contributed by atoms with Crippen LogP contribution in [0.25, 0.3) is 16.6 Å². The number of anilines is 1. The molecule has 1 saturated heterocycles. The van der Waals surface area contributed by atoms with Crippen LogP contribution in [0.15, 0.2) is 88.5 Å². The lowest BCUT2D eigenvalue weighted by Gasteiger charge is -2.36. The first kappa shape index (κ1) is 19.8. The molecule has 0 bridgehead atoms. The summed E-state index contributed by atoms with van der Waals surface area (Å²) in [5.74, 6) is -0.104. The number of nitrogens with zero attached hydrogens (tertiary/aromatic N) is 3. The Hall–Kier alpha value is -4.13. The summed E-state index contributed by atoms with van der Waals surface area (Å²) in [6, 6.07) is 23.8. The predicted molar refractivity (Wildman–Crippen MR) is 125 cm³/mol. The second-order valence-electron chi connectivity index (χ2n) is 7.78. The number of nitrogens with one attached hydrogen (secondary N) is 1. The number of aromatic amines is 1. The van der Waals surface area contributed by atoms with E-state index in [0.717, 1.165) is 23.3 Å². The van der Waals surface area contributed by atoms with Crippen molar-refractivity contribution in [3.63, 3.8) is 0 Å². The van der Waals surface area contributed by atoms with Gasteiger partial charge in [0.2, 0.25) is 0 Å². The van der Waals surface area contributed by atoms with E-state index in [-0.39, 0.29) is 5.91 Å². The maximum atomic E-state index is 13.1. The van der Waals surface area contributed by atoms with Crippen molar-refractivity contribution < 1.29 is 4.79 Å². The lowest BCUT2D eigenvalue weighted by molar-refractivity contribution is 0.0747. The zero-order chi connectivity index (χ0) is 22.1. The van der Waals surface area contributed by atoms with E-state index in [1.54, 1.807) is 42.5 Å². The van der Waals surface area contributed by atoms with Crippen LogP contribution in [0, 0.1) is 0 Å². The smallest absolute Gasteiger partial charge is 0.333 e. The minimum absolute atomic E-state index is 0.104. The number of hydrogen-bond donors (Lipinski definition) is 1. The van der Waals surface area contributed by atoms with Crippen molar-refractivity contribution in [2.24, 2.45) is 0 Å². The zero-order valence-corrected chi connectivity index (χ0v) is 17.4. The topological polar surface area (TPSA) is 78.4 Å². The summed E-state index contributed by atoms with van der Waals surface area (Å²) >= 11 is 0. The van der Waals surface area contributed by atoms with Gasteiger partial charge < -0.3 is 14.8 Å². The molecule has 0 unspecified atom stereocenters. The van der Waals surface area contributed by atoms with Crippen molar-refractivity contribution in [3.8, 4) is 5.69 Å². The van der Waals surface area contributed by atoms with Gasteiger partial charge in [-0.3, -0.25) is 9.59 Å². The molecule has 160 valence electrons. The fraction of sp³-hybridized carbons (Fsp3) is 0.160. The standard InChI is InChI=1S/C25H22N4O3/c30-23(28-15-13-27(14-16-28)19-7-3-1-4-8-19)18-11-12-21-22(17-18)26-25(32)29(24(21)31)20-9-5-2-6-10-20/h1-12,17H,13-16H2,(H,26,32). The second-order valence-corrected chi connectivity index (χ2v) is 7.78. The van der Waals surface area contributed by atoms with Crippen LogP contribution in [0.5, 0.6) is 0 Å². The summed E-state index contributed by atoms with van der Waals surface area (Å²) in [7, 11) is 0. The number of carbonyl (C=O) groups excluding carboxylic acids is 1. The third-order valence-electron chi connectivity index (χ3n) is 5.85. The van der Waals surface area contributed by atoms with Crippen LogP contribution < -0.4 is 16.1 Å². The number of para-hydroxylation sites is 2. The third-order valence-corrected chi connectivity index (χ3v) is 5.85. The molecule has 5 rings (SSSR count). The average Bonchev–Trinajstić information content (AvgIpc) is 2.84. The van der Waals surface area contributed by atoms with Crippen molar-refractivity contribution in [1.29, 1.82) is 0 Å². The fourth-order valence-electron chi connectivity index (χ4n) is 4.15. The molecule has 4 aromatic rings. The lowest BCUT2D eigenvalue weighted by Crippen LogP contribution is -2.48. The molecule has 32 heavy (non-hydrogen) atoms. The van der Waals surface area contributed by atoms with Crippen molar-refractivity contribution >= 4 is 22.5 Å². The van der Waals surface area contributed by atoms with Gasteiger partial charge in [-0.2, -0.15) is 0 Å². The number of H-pyrrole nitrogens is 1. The van der Waals surface area contributed by atoms with E-state index in [4.69, 9.17) is 0 Å². The first-order valence-corrected chi connectivity index (χ1v) is 10.6. The quantitative estimate of drug-likeness (QED) is 0.546. The molecule has 1 aromatic heterocycles. The summed E-state index contributed by atoms with van der Waals surface area (Å²) in [6.45, 7) is 2.72. The molecule has 1 N–H and O–H groups in total. The van der Waals surface area contributed by atoms with Crippen LogP contribution in [-0.4, -0.2) is 46.5 Å². The molecule has 0 spiro atoms. The Kier molecular flexibility index (Phi) is 5.07. The van der Waals surface area contributed by atoms with Crippen molar-refractivity contribution in [2.75, 3.05) is 31.1 Å². The molecule has 0 aliphatic carbocycles. The van der Waals surface area contributed by atoms with Gasteiger partial charge in [0, 0.05) is 37.4 Å². The summed E-state index contributed by atoms with van der Waals surface area (Å²) < 4.78 is 1.10. The van der Waals surface area contributed by atoms with Crippen molar-refractivity contribution in [2.45, 2.75) is 0 Å². The van der Waals surface area contributed by atoms with Gasteiger partial charge in [-0.25, -0.2) is 9.36 Å². The van der Waals surface area contributed by atoms with E-state index in [9.17, 15) is 14.4 Å². The highest BCUT2D eigenvalue weighted by atomic mass is 16.2. The van der Waals surface area contributed by atoms with Crippen LogP contribution >= 0.6 is 0 Å². The summed E-state index contributed by atoms with van der Waals surface area (Å²) in [5.41, 5.74) is 1.52. The predicted octanol–water partition coefficient (Wildman–Crippen LogP) is 2.64. The minimum atomic E-state index is -0.533. The van der Waals surface area contributed by atoms with Gasteiger partial charge in [-0.1, -0.05) is 36.4 Å². The van der Waals surface area contributed by atoms with Crippen LogP contribution in [0.1, 0.15) is 10.4 Å². The maximum Gasteiger partial charge on any atom is 0.333 e. The number of carbonyl (C=O) groups is 1. The summed E-state index contributed by atoms with van der Waals surface area (Å²) in [6.07, 6.45) is 0. The second kappa shape index (κ2) is 8.19. The number of amides is 1. The highest BCUT2D eigenvalue weighted by Gasteiger charge is 2.23. The van der Waals surface area contributed by atoms with Crippen molar-refractivity contribution in [3.05, 3.63) is 105 Å². The molecule has 1 amide bonds. The molecule has 1 aliphatic heterocycles. The molecule has 2 heterocycles. The lowest BCUT2D eigenvalue weighted by atomic mass is 10.1. The van der Waals surface area contributed by atoms with E-state index in [0.29, 0.717) is 35.2 Å². The van der Waals surface area contributed by atoms with Gasteiger partial charge >= 0.3 is 5.69 Å². The van der Waals surface area contributed by atoms with E-state index in [1.165, 1.54) is 0 Å². The first-order chi connectivity index (χ1) is 15.6. The summed E-state index contributed by atoms with van der Waals surface area (Å²) in [4.78, 5) is 45.5. The molecular weight excluding hydrogens is 404 g/mol. The van der Waals surface area contributed by atoms with Crippen LogP contribution in [0.4, 0.5) is 5.69 Å². The molecule has 1 aliphatic rings. The summed E-state index contributed by atoms with van der Waals surface area (Å²) in [5, 5.41) is 0.360. The van der Waals surface area contributed by atoms with E-state index in [2.05, 4.69) is 22.0 Å². The Balaban J connectivity index is 1.40. The van der Waals surface area contributed by atoms with Gasteiger partial charge in [0.15, 0.2) is 0 Å². The molecule has 0 saturated carbocycles. The molecule has 3 aromatic carbocycles. The monoisotopic (exact) mass is 426 g/mol. The molecule has 0 atom stereocenters. The number of hydrogen-bond acceptors (Lipinski definition) is 4. The Labute approximate surface area is 184 Å². The Morgan fingerprint density at radius 3 is 2.03 bits per heavy atom. The SMILES string of the molecule is O=C(c1ccc2c(=O)n(-c3ccccc3)c(=O)[nH]c2c1)N1CCN(c2ccccc2)CC1. The molecule has 7 nitrogen and oxygen atoms in total. The largest absolute Gasteiger partial charge is 0.368 e. The van der Waals surface area contributed by atoms with Crippen LogP contribution in [-0.2, 0) is 0 Å². The first-order valence-electron chi connectivity index (χ1n) is 10.6.